The molecule has 4 atom stereocenters. The molecule has 4 amide bonds. The van der Waals surface area contributed by atoms with E-state index in [2.05, 4.69) is 86.6 Å². The summed E-state index contributed by atoms with van der Waals surface area (Å²) < 4.78 is 24.8. The van der Waals surface area contributed by atoms with Crippen molar-refractivity contribution >= 4 is 92.7 Å². The first kappa shape index (κ1) is 57.6. The number of benzene rings is 4. The second-order valence-corrected chi connectivity index (χ2v) is 27.0. The molecule has 88 heavy (non-hydrogen) atoms. The minimum absolute atomic E-state index is 0.122. The first-order valence-electron chi connectivity index (χ1n) is 30.1. The molecule has 0 spiro atoms. The fourth-order valence-corrected chi connectivity index (χ4v) is 13.1. The second-order valence-electron chi connectivity index (χ2n) is 27.0. The summed E-state index contributed by atoms with van der Waals surface area (Å²) in [5, 5.41) is 13.3. The van der Waals surface area contributed by atoms with Crippen molar-refractivity contribution in [3.05, 3.63) is 120 Å². The summed E-state index contributed by atoms with van der Waals surface area (Å²) in [4.78, 5) is 76.6. The van der Waals surface area contributed by atoms with Crippen molar-refractivity contribution in [1.29, 1.82) is 0 Å². The average molecular weight is 1180 g/mol. The molecule has 4 saturated carbocycles. The lowest BCUT2D eigenvalue weighted by molar-refractivity contribution is -0.118. The normalized spacial score (nSPS) is 19.9. The highest BCUT2D eigenvalue weighted by Crippen LogP contribution is 2.57. The molecule has 4 aliphatic carbocycles. The third kappa shape index (κ3) is 10.2. The SMILES string of the molecule is COc1cccc(OC)c1-c1c2nc(c(-c3c(NC(=O)[C@H]4CC4(C)C)cccc3NC(=O)[C@H]3CC3(C)C)c3ccc([nH]3)c(-c3c(OC)cccc3OC)c3nc(c(-c4c(NC(=O)[C@H]5CC5(C)C)cccc4NC(=O)[C@H]4CC4(C)C)c4ccc1[nH]4)C=C3)C=C2. The number of hydrogen-bond acceptors (Lipinski definition) is 10. The zero-order valence-corrected chi connectivity index (χ0v) is 51.8. The quantitative estimate of drug-likeness (QED) is 0.0539. The van der Waals surface area contributed by atoms with Crippen molar-refractivity contribution in [3.8, 4) is 67.5 Å². The summed E-state index contributed by atoms with van der Waals surface area (Å²) >= 11 is 0. The Hall–Kier alpha value is -9.44. The van der Waals surface area contributed by atoms with Gasteiger partial charge in [-0.3, -0.25) is 19.2 Å². The van der Waals surface area contributed by atoms with Crippen molar-refractivity contribution in [1.82, 2.24) is 19.9 Å². The Morgan fingerprint density at radius 3 is 0.784 bits per heavy atom. The van der Waals surface area contributed by atoms with Gasteiger partial charge in [0, 0.05) is 79.1 Å². The van der Waals surface area contributed by atoms with E-state index in [1.807, 2.05) is 121 Å². The summed E-state index contributed by atoms with van der Waals surface area (Å²) in [6.45, 7) is 16.7. The molecule has 0 saturated heterocycles. The fourth-order valence-electron chi connectivity index (χ4n) is 13.1. The lowest BCUT2D eigenvalue weighted by Gasteiger charge is -2.19. The van der Waals surface area contributed by atoms with E-state index in [1.165, 1.54) is 0 Å². The number of nitrogens with one attached hydrogen (secondary N) is 6. The van der Waals surface area contributed by atoms with Crippen LogP contribution in [0, 0.1) is 45.3 Å². The van der Waals surface area contributed by atoms with E-state index in [-0.39, 0.29) is 69.0 Å². The summed E-state index contributed by atoms with van der Waals surface area (Å²) in [6, 6.07) is 30.3. The van der Waals surface area contributed by atoms with Gasteiger partial charge in [-0.15, -0.1) is 0 Å². The van der Waals surface area contributed by atoms with Crippen molar-refractivity contribution in [2.75, 3.05) is 49.7 Å². The molecule has 0 unspecified atom stereocenters. The molecule has 4 aromatic carbocycles. The van der Waals surface area contributed by atoms with Crippen LogP contribution in [-0.4, -0.2) is 72.0 Å². The van der Waals surface area contributed by atoms with E-state index in [9.17, 15) is 19.2 Å². The molecule has 4 fully saturated rings. The smallest absolute Gasteiger partial charge is 0.228 e. The molecule has 6 aliphatic rings. The van der Waals surface area contributed by atoms with Crippen LogP contribution in [0.5, 0.6) is 23.0 Å². The lowest BCUT2D eigenvalue weighted by Crippen LogP contribution is -2.19. The van der Waals surface area contributed by atoms with Crippen LogP contribution in [0.1, 0.15) is 104 Å². The molecule has 0 radical (unpaired) electrons. The topological polar surface area (TPSA) is 211 Å². The van der Waals surface area contributed by atoms with Gasteiger partial charge in [0.25, 0.3) is 0 Å². The number of aromatic amines is 2. The van der Waals surface area contributed by atoms with E-state index in [0.29, 0.717) is 135 Å². The van der Waals surface area contributed by atoms with E-state index in [1.54, 1.807) is 28.4 Å². The zero-order chi connectivity index (χ0) is 61.9. The summed E-state index contributed by atoms with van der Waals surface area (Å²) in [5.41, 5.74) is 10.4. The van der Waals surface area contributed by atoms with Crippen LogP contribution in [0.3, 0.4) is 0 Å². The third-order valence-electron chi connectivity index (χ3n) is 19.1. The number of fused-ring (bicyclic) bond motifs is 8. The second kappa shape index (κ2) is 21.2. The molecule has 7 aromatic rings. The molecule has 16 heteroatoms. The molecule has 450 valence electrons. The van der Waals surface area contributed by atoms with Gasteiger partial charge in [0.2, 0.25) is 23.6 Å². The van der Waals surface area contributed by atoms with E-state index >= 15 is 0 Å². The monoisotopic (exact) mass is 1180 g/mol. The first-order chi connectivity index (χ1) is 42.0. The summed E-state index contributed by atoms with van der Waals surface area (Å²) in [5.74, 6) is 0.678. The van der Waals surface area contributed by atoms with Crippen molar-refractivity contribution in [2.45, 2.75) is 81.1 Å². The minimum atomic E-state index is -0.220. The maximum absolute atomic E-state index is 14.4. The number of nitrogens with zero attached hydrogens (tertiary/aromatic N) is 2. The van der Waals surface area contributed by atoms with Gasteiger partial charge in [0.1, 0.15) is 23.0 Å². The molecular formula is C72H74N8O8. The highest BCUT2D eigenvalue weighted by atomic mass is 16.5. The number of ether oxygens (including phenoxy) is 4. The van der Waals surface area contributed by atoms with E-state index in [4.69, 9.17) is 28.9 Å². The molecule has 8 bridgehead atoms. The van der Waals surface area contributed by atoms with E-state index < -0.39 is 0 Å². The molecule has 13 rings (SSSR count). The lowest BCUT2D eigenvalue weighted by atomic mass is 9.98. The molecular weight excluding hydrogens is 1100 g/mol. The maximum atomic E-state index is 14.4. The Morgan fingerprint density at radius 2 is 0.568 bits per heavy atom. The summed E-state index contributed by atoms with van der Waals surface area (Å²) in [7, 11) is 6.45. The average Bonchev–Trinajstić information content (AvgIpc) is 1.85. The van der Waals surface area contributed by atoms with Gasteiger partial charge < -0.3 is 50.2 Å². The molecule has 6 N–H and O–H groups in total. The Kier molecular flexibility index (Phi) is 13.9. The van der Waals surface area contributed by atoms with Gasteiger partial charge in [-0.05, 0) is 144 Å². The minimum Gasteiger partial charge on any atom is -0.496 e. The number of anilines is 4. The Labute approximate surface area is 512 Å². The molecule has 16 nitrogen and oxygen atoms in total. The largest absolute Gasteiger partial charge is 0.496 e. The summed E-state index contributed by atoms with van der Waals surface area (Å²) in [6.07, 6.45) is 10.7. The Morgan fingerprint density at radius 1 is 0.352 bits per heavy atom. The first-order valence-corrected chi connectivity index (χ1v) is 30.1. The fraction of sp³-hybridized carbons (Fsp3) is 0.333. The number of H-pyrrole nitrogens is 2. The van der Waals surface area contributed by atoms with E-state index in [0.717, 1.165) is 25.7 Å². The van der Waals surface area contributed by atoms with Crippen LogP contribution in [0.25, 0.3) is 90.9 Å². The standard InChI is InChI=1S/C72H74N8O8/c1-69(2)33-37(69)65(81)77-41-17-13-18-42(78-66(82)38-34-70(38,3)4)57(41)59-45-25-29-49(73-45)61(63-53(85-9)21-15-22-54(63)86-10)51-31-27-47(75-51)60(48-28-32-52(76-48)62(50-30-26-46(59)74-50)64-55(87-11)23-16-24-56(64)88-12)58-43(79-67(83)39-35-71(39,5)6)19-14-20-44(58)80-68(84)40-36-72(40,7)8/h13-32,37-40,73,76H,33-36H2,1-12H3,(H,77,81)(H,78,82)(H,79,83)(H,80,84)/t37-,38-,39-,40-/m1/s1. The highest BCUT2D eigenvalue weighted by molar-refractivity contribution is 6.12. The van der Waals surface area contributed by atoms with Crippen LogP contribution in [0.4, 0.5) is 22.7 Å². The predicted octanol–water partition coefficient (Wildman–Crippen LogP) is 15.3. The molecule has 2 aliphatic heterocycles. The number of amides is 4. The number of hydrogen-bond donors (Lipinski definition) is 6. The number of aromatic nitrogens is 4. The van der Waals surface area contributed by atoms with Crippen LogP contribution in [0.2, 0.25) is 0 Å². The molecule has 5 heterocycles. The van der Waals surface area contributed by atoms with Gasteiger partial charge in [-0.1, -0.05) is 79.7 Å². The Balaban J connectivity index is 1.18. The van der Waals surface area contributed by atoms with Gasteiger partial charge in [0.15, 0.2) is 0 Å². The van der Waals surface area contributed by atoms with Crippen LogP contribution >= 0.6 is 0 Å². The van der Waals surface area contributed by atoms with Crippen LogP contribution in [0.15, 0.2) is 97.1 Å². The molecule has 3 aromatic heterocycles. The maximum Gasteiger partial charge on any atom is 0.228 e. The third-order valence-corrected chi connectivity index (χ3v) is 19.1. The Bertz CT molecular complexity index is 3940. The number of methoxy groups -OCH3 is 4. The van der Waals surface area contributed by atoms with Crippen molar-refractivity contribution in [3.63, 3.8) is 0 Å². The number of carbonyl (C=O) groups is 4. The number of carbonyl (C=O) groups excluding carboxylic acids is 4. The van der Waals surface area contributed by atoms with Gasteiger partial charge in [-0.2, -0.15) is 0 Å². The van der Waals surface area contributed by atoms with Crippen LogP contribution < -0.4 is 40.2 Å². The van der Waals surface area contributed by atoms with Gasteiger partial charge in [-0.25, -0.2) is 9.97 Å². The highest BCUT2D eigenvalue weighted by Gasteiger charge is 2.53. The van der Waals surface area contributed by atoms with Gasteiger partial charge >= 0.3 is 0 Å². The van der Waals surface area contributed by atoms with Crippen molar-refractivity contribution < 1.29 is 38.1 Å². The number of rotatable bonds is 16. The van der Waals surface area contributed by atoms with Crippen LogP contribution in [-0.2, 0) is 19.2 Å². The van der Waals surface area contributed by atoms with Crippen molar-refractivity contribution in [2.24, 2.45) is 45.3 Å². The van der Waals surface area contributed by atoms with Gasteiger partial charge in [0.05, 0.1) is 85.1 Å². The zero-order valence-electron chi connectivity index (χ0n) is 51.8. The predicted molar refractivity (Wildman–Crippen MR) is 349 cm³/mol.